The lowest BCUT2D eigenvalue weighted by Gasteiger charge is -2.21. The molecule has 0 radical (unpaired) electrons. The van der Waals surface area contributed by atoms with Gasteiger partial charge in [0.1, 0.15) is 4.90 Å². The number of hydrogen-bond acceptors (Lipinski definition) is 4. The van der Waals surface area contributed by atoms with Gasteiger partial charge in [0.05, 0.1) is 0 Å². The van der Waals surface area contributed by atoms with Crippen molar-refractivity contribution in [3.8, 4) is 0 Å². The number of aromatic nitrogens is 1. The molecule has 5 nitrogen and oxygen atoms in total. The molecular weight excluding hydrogens is 286 g/mol. The van der Waals surface area contributed by atoms with Crippen molar-refractivity contribution in [3.63, 3.8) is 0 Å². The molecule has 0 fully saturated rings. The van der Waals surface area contributed by atoms with Gasteiger partial charge in [-0.2, -0.15) is 4.31 Å². The molecule has 0 aliphatic heterocycles. The summed E-state index contributed by atoms with van der Waals surface area (Å²) < 4.78 is 26.6. The third-order valence-electron chi connectivity index (χ3n) is 3.14. The summed E-state index contributed by atoms with van der Waals surface area (Å²) in [5.41, 5.74) is 6.65. The van der Waals surface area contributed by atoms with Gasteiger partial charge in [-0.15, -0.1) is 0 Å². The normalized spacial score (nSPS) is 11.7. The van der Waals surface area contributed by atoms with Crippen LogP contribution in [-0.2, 0) is 16.4 Å². The number of nitrogens with zero attached hydrogens (tertiary/aromatic N) is 2. The highest BCUT2D eigenvalue weighted by Crippen LogP contribution is 2.14. The number of benzene rings is 1. The standard InChI is InChI=1S/C15H19N3O2S/c16-9-12-18(11-8-14-5-2-1-3-6-14)21(19,20)15-7-4-10-17-13-15/h1-7,10,13H,8-9,11-12,16H2. The van der Waals surface area contributed by atoms with Gasteiger partial charge in [0.2, 0.25) is 10.0 Å². The molecule has 1 heterocycles. The first-order chi connectivity index (χ1) is 10.1. The molecule has 21 heavy (non-hydrogen) atoms. The van der Waals surface area contributed by atoms with Crippen LogP contribution in [0.3, 0.4) is 0 Å². The lowest BCUT2D eigenvalue weighted by Crippen LogP contribution is -2.37. The van der Waals surface area contributed by atoms with Gasteiger partial charge < -0.3 is 5.73 Å². The van der Waals surface area contributed by atoms with E-state index in [1.807, 2.05) is 30.3 Å². The van der Waals surface area contributed by atoms with Crippen molar-refractivity contribution < 1.29 is 8.42 Å². The first-order valence-electron chi connectivity index (χ1n) is 6.79. The summed E-state index contributed by atoms with van der Waals surface area (Å²) in [5, 5.41) is 0. The highest BCUT2D eigenvalue weighted by atomic mass is 32.2. The molecule has 1 aromatic heterocycles. The summed E-state index contributed by atoms with van der Waals surface area (Å²) in [6.07, 6.45) is 3.57. The number of hydrogen-bond donors (Lipinski definition) is 1. The van der Waals surface area contributed by atoms with E-state index in [-0.39, 0.29) is 11.4 Å². The zero-order chi connectivity index (χ0) is 15.1. The topological polar surface area (TPSA) is 76.3 Å². The van der Waals surface area contributed by atoms with Gasteiger partial charge in [0, 0.05) is 32.0 Å². The minimum atomic E-state index is -3.54. The van der Waals surface area contributed by atoms with Crippen molar-refractivity contribution in [2.45, 2.75) is 11.3 Å². The Hall–Kier alpha value is -1.76. The summed E-state index contributed by atoms with van der Waals surface area (Å²) >= 11 is 0. The zero-order valence-corrected chi connectivity index (χ0v) is 12.5. The summed E-state index contributed by atoms with van der Waals surface area (Å²) in [6.45, 7) is 0.983. The Morgan fingerprint density at radius 2 is 1.81 bits per heavy atom. The van der Waals surface area contributed by atoms with Crippen LogP contribution in [-0.4, -0.2) is 37.3 Å². The number of nitrogens with two attached hydrogens (primary N) is 1. The van der Waals surface area contributed by atoms with E-state index < -0.39 is 10.0 Å². The van der Waals surface area contributed by atoms with Gasteiger partial charge in [-0.05, 0) is 24.1 Å². The maximum Gasteiger partial charge on any atom is 0.244 e. The Morgan fingerprint density at radius 3 is 2.43 bits per heavy atom. The molecule has 1 aromatic carbocycles. The summed E-state index contributed by atoms with van der Waals surface area (Å²) in [4.78, 5) is 4.08. The Balaban J connectivity index is 2.15. The third kappa shape index (κ3) is 4.10. The largest absolute Gasteiger partial charge is 0.329 e. The maximum atomic E-state index is 12.6. The number of sulfonamides is 1. The van der Waals surface area contributed by atoms with Crippen molar-refractivity contribution in [3.05, 3.63) is 60.4 Å². The van der Waals surface area contributed by atoms with Crippen molar-refractivity contribution in [1.82, 2.24) is 9.29 Å². The molecule has 0 aliphatic rings. The average Bonchev–Trinajstić information content (AvgIpc) is 2.53. The first kappa shape index (κ1) is 15.6. The quantitative estimate of drug-likeness (QED) is 0.836. The molecule has 0 saturated carbocycles. The summed E-state index contributed by atoms with van der Waals surface area (Å²) in [5.74, 6) is 0. The molecule has 0 bridgehead atoms. The van der Waals surface area contributed by atoms with E-state index in [2.05, 4.69) is 4.98 Å². The van der Waals surface area contributed by atoms with E-state index in [1.54, 1.807) is 18.3 Å². The van der Waals surface area contributed by atoms with Crippen LogP contribution >= 0.6 is 0 Å². The van der Waals surface area contributed by atoms with Crippen LogP contribution in [0.25, 0.3) is 0 Å². The SMILES string of the molecule is NCCN(CCc1ccccc1)S(=O)(=O)c1cccnc1. The van der Waals surface area contributed by atoms with Crippen molar-refractivity contribution in [1.29, 1.82) is 0 Å². The van der Waals surface area contributed by atoms with Crippen LogP contribution in [0.5, 0.6) is 0 Å². The van der Waals surface area contributed by atoms with Gasteiger partial charge >= 0.3 is 0 Å². The Bertz CT molecular complexity index is 645. The van der Waals surface area contributed by atoms with Gasteiger partial charge in [0.25, 0.3) is 0 Å². The predicted octanol–water partition coefficient (Wildman–Crippen LogP) is 1.27. The smallest absolute Gasteiger partial charge is 0.244 e. The minimum absolute atomic E-state index is 0.200. The molecule has 2 rings (SSSR count). The zero-order valence-electron chi connectivity index (χ0n) is 11.7. The summed E-state index contributed by atoms with van der Waals surface area (Å²) in [6, 6.07) is 13.0. The van der Waals surface area contributed by atoms with Crippen molar-refractivity contribution in [2.24, 2.45) is 5.73 Å². The monoisotopic (exact) mass is 305 g/mol. The lowest BCUT2D eigenvalue weighted by molar-refractivity contribution is 0.421. The van der Waals surface area contributed by atoms with Crippen molar-refractivity contribution >= 4 is 10.0 Å². The third-order valence-corrected chi connectivity index (χ3v) is 5.03. The van der Waals surface area contributed by atoms with E-state index in [9.17, 15) is 8.42 Å². The van der Waals surface area contributed by atoms with Gasteiger partial charge in [-0.1, -0.05) is 30.3 Å². The fourth-order valence-electron chi connectivity index (χ4n) is 2.04. The molecule has 2 aromatic rings. The molecular formula is C15H19N3O2S. The molecule has 0 spiro atoms. The Morgan fingerprint density at radius 1 is 1.05 bits per heavy atom. The van der Waals surface area contributed by atoms with Crippen LogP contribution in [0.15, 0.2) is 59.8 Å². The van der Waals surface area contributed by atoms with Crippen LogP contribution in [0.1, 0.15) is 5.56 Å². The second-order valence-electron chi connectivity index (χ2n) is 4.62. The van der Waals surface area contributed by atoms with Gasteiger partial charge in [-0.25, -0.2) is 8.42 Å². The molecule has 6 heteroatoms. The molecule has 0 amide bonds. The maximum absolute atomic E-state index is 12.6. The molecule has 2 N–H and O–H groups in total. The van der Waals surface area contributed by atoms with Crippen LogP contribution < -0.4 is 5.73 Å². The predicted molar refractivity (Wildman–Crippen MR) is 82.2 cm³/mol. The lowest BCUT2D eigenvalue weighted by atomic mass is 10.1. The van der Waals surface area contributed by atoms with E-state index in [0.717, 1.165) is 5.56 Å². The summed E-state index contributed by atoms with van der Waals surface area (Å²) in [7, 11) is -3.54. The second kappa shape index (κ2) is 7.31. The van der Waals surface area contributed by atoms with Crippen LogP contribution in [0.4, 0.5) is 0 Å². The molecule has 0 saturated heterocycles. The molecule has 112 valence electrons. The van der Waals surface area contributed by atoms with E-state index in [1.165, 1.54) is 10.5 Å². The van der Waals surface area contributed by atoms with E-state index in [0.29, 0.717) is 19.5 Å². The fourth-order valence-corrected chi connectivity index (χ4v) is 3.46. The Kier molecular flexibility index (Phi) is 5.44. The highest BCUT2D eigenvalue weighted by molar-refractivity contribution is 7.89. The molecule has 0 aliphatic carbocycles. The van der Waals surface area contributed by atoms with Crippen LogP contribution in [0.2, 0.25) is 0 Å². The Labute approximate surface area is 125 Å². The van der Waals surface area contributed by atoms with E-state index in [4.69, 9.17) is 5.73 Å². The second-order valence-corrected chi connectivity index (χ2v) is 6.56. The average molecular weight is 305 g/mol. The van der Waals surface area contributed by atoms with E-state index >= 15 is 0 Å². The van der Waals surface area contributed by atoms with Gasteiger partial charge in [0.15, 0.2) is 0 Å². The number of rotatable bonds is 7. The molecule has 0 unspecified atom stereocenters. The molecule has 0 atom stereocenters. The van der Waals surface area contributed by atoms with Gasteiger partial charge in [-0.3, -0.25) is 4.98 Å². The minimum Gasteiger partial charge on any atom is -0.329 e. The van der Waals surface area contributed by atoms with Crippen molar-refractivity contribution in [2.75, 3.05) is 19.6 Å². The fraction of sp³-hybridized carbons (Fsp3) is 0.267. The number of pyridine rings is 1. The van der Waals surface area contributed by atoms with Crippen LogP contribution in [0, 0.1) is 0 Å². The first-order valence-corrected chi connectivity index (χ1v) is 8.23. The highest BCUT2D eigenvalue weighted by Gasteiger charge is 2.23.